The van der Waals surface area contributed by atoms with Crippen LogP contribution in [0, 0.1) is 5.82 Å². The molecule has 0 bridgehead atoms. The number of nitrogens with zero attached hydrogens (tertiary/aromatic N) is 2. The number of methoxy groups -OCH3 is 1. The SMILES string of the molecule is COc1cc2c(NCC(O)c3ccccc3Cl)ncnc2cc1F. The molecule has 3 aromatic rings. The first-order chi connectivity index (χ1) is 11.6. The summed E-state index contributed by atoms with van der Waals surface area (Å²) in [5.74, 6) is 0.0853. The highest BCUT2D eigenvalue weighted by Gasteiger charge is 2.14. The first-order valence-corrected chi connectivity index (χ1v) is 7.62. The minimum absolute atomic E-state index is 0.104. The summed E-state index contributed by atoms with van der Waals surface area (Å²) >= 11 is 6.08. The van der Waals surface area contributed by atoms with Crippen molar-refractivity contribution in [1.29, 1.82) is 0 Å². The van der Waals surface area contributed by atoms with Crippen molar-refractivity contribution in [1.82, 2.24) is 9.97 Å². The van der Waals surface area contributed by atoms with Gasteiger partial charge in [-0.15, -0.1) is 0 Å². The first kappa shape index (κ1) is 16.4. The predicted molar refractivity (Wildman–Crippen MR) is 90.9 cm³/mol. The second-order valence-electron chi connectivity index (χ2n) is 5.14. The highest BCUT2D eigenvalue weighted by atomic mass is 35.5. The van der Waals surface area contributed by atoms with Gasteiger partial charge >= 0.3 is 0 Å². The number of aromatic nitrogens is 2. The molecule has 0 amide bonds. The Kier molecular flexibility index (Phi) is 4.78. The van der Waals surface area contributed by atoms with Crippen LogP contribution in [-0.4, -0.2) is 28.7 Å². The summed E-state index contributed by atoms with van der Waals surface area (Å²) in [4.78, 5) is 8.20. The molecule has 0 aliphatic rings. The smallest absolute Gasteiger partial charge is 0.167 e. The molecule has 1 unspecified atom stereocenters. The Morgan fingerprint density at radius 2 is 2.08 bits per heavy atom. The number of halogens is 2. The summed E-state index contributed by atoms with van der Waals surface area (Å²) in [7, 11) is 1.39. The van der Waals surface area contributed by atoms with Crippen LogP contribution in [0.15, 0.2) is 42.7 Å². The van der Waals surface area contributed by atoms with Crippen LogP contribution in [0.3, 0.4) is 0 Å². The van der Waals surface area contributed by atoms with Gasteiger partial charge in [0.2, 0.25) is 0 Å². The number of benzene rings is 2. The fourth-order valence-corrected chi connectivity index (χ4v) is 2.67. The van der Waals surface area contributed by atoms with Gasteiger partial charge in [0, 0.05) is 28.6 Å². The number of nitrogens with one attached hydrogen (secondary N) is 1. The van der Waals surface area contributed by atoms with Crippen LogP contribution in [-0.2, 0) is 0 Å². The van der Waals surface area contributed by atoms with Crippen molar-refractivity contribution in [3.8, 4) is 5.75 Å². The van der Waals surface area contributed by atoms with E-state index in [1.807, 2.05) is 0 Å². The van der Waals surface area contributed by atoms with Gasteiger partial charge in [0.05, 0.1) is 18.7 Å². The van der Waals surface area contributed by atoms with Crippen molar-refractivity contribution in [2.24, 2.45) is 0 Å². The van der Waals surface area contributed by atoms with Crippen LogP contribution in [0.4, 0.5) is 10.2 Å². The van der Waals surface area contributed by atoms with E-state index < -0.39 is 11.9 Å². The maximum Gasteiger partial charge on any atom is 0.167 e. The van der Waals surface area contributed by atoms with E-state index in [0.29, 0.717) is 27.3 Å². The van der Waals surface area contributed by atoms with Crippen molar-refractivity contribution >= 4 is 28.3 Å². The fraction of sp³-hybridized carbons (Fsp3) is 0.176. The average Bonchev–Trinajstić information content (AvgIpc) is 2.59. The lowest BCUT2D eigenvalue weighted by Gasteiger charge is -2.15. The Labute approximate surface area is 143 Å². The molecule has 1 atom stereocenters. The van der Waals surface area contributed by atoms with Crippen molar-refractivity contribution in [3.05, 3.63) is 59.1 Å². The van der Waals surface area contributed by atoms with Crippen molar-refractivity contribution in [2.75, 3.05) is 19.0 Å². The summed E-state index contributed by atoms with van der Waals surface area (Å²) in [5, 5.41) is 14.4. The fourth-order valence-electron chi connectivity index (χ4n) is 2.40. The summed E-state index contributed by atoms with van der Waals surface area (Å²) in [6.45, 7) is 0.190. The highest BCUT2D eigenvalue weighted by Crippen LogP contribution is 2.28. The molecule has 0 aliphatic heterocycles. The molecule has 0 fully saturated rings. The first-order valence-electron chi connectivity index (χ1n) is 7.24. The molecule has 0 saturated carbocycles. The van der Waals surface area contributed by atoms with E-state index in [1.165, 1.54) is 25.6 Å². The number of ether oxygens (including phenoxy) is 1. The third kappa shape index (κ3) is 3.25. The van der Waals surface area contributed by atoms with Crippen molar-refractivity contribution < 1.29 is 14.2 Å². The lowest BCUT2D eigenvalue weighted by molar-refractivity contribution is 0.191. The van der Waals surface area contributed by atoms with E-state index >= 15 is 0 Å². The van der Waals surface area contributed by atoms with Crippen molar-refractivity contribution in [2.45, 2.75) is 6.10 Å². The zero-order chi connectivity index (χ0) is 17.1. The highest BCUT2D eigenvalue weighted by molar-refractivity contribution is 6.31. The number of hydrogen-bond donors (Lipinski definition) is 2. The number of aliphatic hydroxyl groups is 1. The summed E-state index contributed by atoms with van der Waals surface area (Å²) < 4.78 is 18.8. The Morgan fingerprint density at radius 3 is 2.83 bits per heavy atom. The molecule has 3 rings (SSSR count). The Hall–Kier alpha value is -2.44. The quantitative estimate of drug-likeness (QED) is 0.738. The molecule has 1 heterocycles. The lowest BCUT2D eigenvalue weighted by atomic mass is 10.1. The van der Waals surface area contributed by atoms with Gasteiger partial charge in [-0.1, -0.05) is 29.8 Å². The minimum Gasteiger partial charge on any atom is -0.494 e. The zero-order valence-electron chi connectivity index (χ0n) is 12.8. The number of hydrogen-bond acceptors (Lipinski definition) is 5. The molecule has 0 radical (unpaired) electrons. The van der Waals surface area contributed by atoms with Gasteiger partial charge in [-0.2, -0.15) is 0 Å². The third-order valence-electron chi connectivity index (χ3n) is 3.64. The number of aliphatic hydroxyl groups excluding tert-OH is 1. The summed E-state index contributed by atoms with van der Waals surface area (Å²) in [6.07, 6.45) is 0.518. The summed E-state index contributed by atoms with van der Waals surface area (Å²) in [5.41, 5.74) is 1.06. The number of rotatable bonds is 5. The maximum atomic E-state index is 13.8. The molecule has 24 heavy (non-hydrogen) atoms. The molecule has 124 valence electrons. The standard InChI is InChI=1S/C17H15ClFN3O2/c1-24-16-6-11-14(7-13(16)19)21-9-22-17(11)20-8-15(23)10-4-2-3-5-12(10)18/h2-7,9,15,23H,8H2,1H3,(H,20,21,22). The number of fused-ring (bicyclic) bond motifs is 1. The number of anilines is 1. The van der Waals surface area contributed by atoms with Gasteiger partial charge < -0.3 is 15.2 Å². The van der Waals surface area contributed by atoms with Crippen LogP contribution in [0.2, 0.25) is 5.02 Å². The van der Waals surface area contributed by atoms with E-state index in [4.69, 9.17) is 16.3 Å². The van der Waals surface area contributed by atoms with Gasteiger partial charge in [0.1, 0.15) is 12.1 Å². The van der Waals surface area contributed by atoms with E-state index in [2.05, 4.69) is 15.3 Å². The molecule has 2 aromatic carbocycles. The maximum absolute atomic E-state index is 13.8. The second-order valence-corrected chi connectivity index (χ2v) is 5.55. The van der Waals surface area contributed by atoms with Crippen LogP contribution >= 0.6 is 11.6 Å². The Morgan fingerprint density at radius 1 is 1.29 bits per heavy atom. The molecule has 5 nitrogen and oxygen atoms in total. The van der Waals surface area contributed by atoms with Gasteiger partial charge in [0.25, 0.3) is 0 Å². The Bertz CT molecular complexity index is 876. The molecule has 0 saturated heterocycles. The molecular formula is C17H15ClFN3O2. The van der Waals surface area contributed by atoms with E-state index in [1.54, 1.807) is 24.3 Å². The largest absolute Gasteiger partial charge is 0.494 e. The monoisotopic (exact) mass is 347 g/mol. The van der Waals surface area contributed by atoms with Gasteiger partial charge in [0.15, 0.2) is 11.6 Å². The van der Waals surface area contributed by atoms with E-state index in [0.717, 1.165) is 0 Å². The summed E-state index contributed by atoms with van der Waals surface area (Å²) in [6, 6.07) is 9.88. The molecule has 1 aromatic heterocycles. The van der Waals surface area contributed by atoms with Crippen LogP contribution in [0.1, 0.15) is 11.7 Å². The predicted octanol–water partition coefficient (Wildman–Crippen LogP) is 3.58. The third-order valence-corrected chi connectivity index (χ3v) is 3.98. The average molecular weight is 348 g/mol. The van der Waals surface area contributed by atoms with Crippen LogP contribution in [0.25, 0.3) is 10.9 Å². The van der Waals surface area contributed by atoms with Gasteiger partial charge in [-0.05, 0) is 12.1 Å². The minimum atomic E-state index is -0.814. The topological polar surface area (TPSA) is 67.3 Å². The van der Waals surface area contributed by atoms with Crippen LogP contribution < -0.4 is 10.1 Å². The van der Waals surface area contributed by atoms with Gasteiger partial charge in [-0.3, -0.25) is 0 Å². The van der Waals surface area contributed by atoms with E-state index in [-0.39, 0.29) is 12.3 Å². The lowest BCUT2D eigenvalue weighted by Crippen LogP contribution is -2.13. The zero-order valence-corrected chi connectivity index (χ0v) is 13.6. The molecule has 0 spiro atoms. The molecule has 2 N–H and O–H groups in total. The second kappa shape index (κ2) is 6.98. The van der Waals surface area contributed by atoms with Crippen LogP contribution in [0.5, 0.6) is 5.75 Å². The molecule has 7 heteroatoms. The molecule has 0 aliphatic carbocycles. The Balaban J connectivity index is 1.86. The normalized spacial score (nSPS) is 12.2. The molecular weight excluding hydrogens is 333 g/mol. The van der Waals surface area contributed by atoms with Crippen molar-refractivity contribution in [3.63, 3.8) is 0 Å². The van der Waals surface area contributed by atoms with Gasteiger partial charge in [-0.25, -0.2) is 14.4 Å². The van der Waals surface area contributed by atoms with E-state index in [9.17, 15) is 9.50 Å².